The Balaban J connectivity index is 1.76. The highest BCUT2D eigenvalue weighted by atomic mass is 35.5. The first kappa shape index (κ1) is 15.7. The summed E-state index contributed by atoms with van der Waals surface area (Å²) >= 11 is 6.19. The van der Waals surface area contributed by atoms with E-state index in [-0.39, 0.29) is 5.75 Å². The van der Waals surface area contributed by atoms with E-state index in [1.54, 1.807) is 12.1 Å². The van der Waals surface area contributed by atoms with E-state index in [1.165, 1.54) is 12.8 Å². The van der Waals surface area contributed by atoms with Crippen LogP contribution in [0.25, 0.3) is 0 Å². The largest absolute Gasteiger partial charge is 0.508 e. The van der Waals surface area contributed by atoms with E-state index in [0.29, 0.717) is 12.6 Å². The molecule has 1 aliphatic rings. The topological polar surface area (TPSA) is 56.6 Å². The molecule has 2 aromatic carbocycles. The number of halogens is 1. The van der Waals surface area contributed by atoms with Gasteiger partial charge in [0.25, 0.3) is 0 Å². The predicted molar refractivity (Wildman–Crippen MR) is 95.2 cm³/mol. The number of nitrogens with one attached hydrogen (secondary N) is 2. The van der Waals surface area contributed by atoms with Gasteiger partial charge in [-0.2, -0.15) is 0 Å². The average molecular weight is 330 g/mol. The van der Waals surface area contributed by atoms with Gasteiger partial charge in [-0.15, -0.1) is 0 Å². The minimum absolute atomic E-state index is 0.262. The molecule has 120 valence electrons. The summed E-state index contributed by atoms with van der Waals surface area (Å²) in [6.45, 7) is 2.46. The van der Waals surface area contributed by atoms with Crippen LogP contribution in [0.4, 0.5) is 5.69 Å². The zero-order chi connectivity index (χ0) is 16.2. The molecule has 0 unspecified atom stereocenters. The number of phenols is 1. The van der Waals surface area contributed by atoms with Crippen LogP contribution in [0.2, 0.25) is 5.02 Å². The van der Waals surface area contributed by atoms with Crippen LogP contribution >= 0.6 is 11.6 Å². The van der Waals surface area contributed by atoms with Crippen LogP contribution in [0.3, 0.4) is 0 Å². The first-order valence-electron chi connectivity index (χ1n) is 7.73. The summed E-state index contributed by atoms with van der Waals surface area (Å²) in [5, 5.41) is 17.0. The molecule has 0 aromatic heterocycles. The molecule has 0 atom stereocenters. The molecule has 0 spiro atoms. The Morgan fingerprint density at radius 3 is 2.74 bits per heavy atom. The van der Waals surface area contributed by atoms with Gasteiger partial charge in [0.05, 0.1) is 6.54 Å². The molecule has 0 aliphatic heterocycles. The van der Waals surface area contributed by atoms with Crippen molar-refractivity contribution in [1.29, 1.82) is 0 Å². The molecular weight excluding hydrogens is 310 g/mol. The van der Waals surface area contributed by atoms with Crippen LogP contribution in [-0.2, 0) is 6.54 Å². The van der Waals surface area contributed by atoms with E-state index < -0.39 is 0 Å². The van der Waals surface area contributed by atoms with Gasteiger partial charge < -0.3 is 15.7 Å². The van der Waals surface area contributed by atoms with Crippen LogP contribution in [0.15, 0.2) is 47.5 Å². The molecule has 2 aromatic rings. The minimum Gasteiger partial charge on any atom is -0.508 e. The number of guanidine groups is 1. The second-order valence-electron chi connectivity index (χ2n) is 5.80. The fourth-order valence-corrected chi connectivity index (χ4v) is 2.44. The number of benzene rings is 2. The van der Waals surface area contributed by atoms with Gasteiger partial charge in [0.15, 0.2) is 5.96 Å². The molecule has 1 saturated carbocycles. The number of hydrogen-bond acceptors (Lipinski definition) is 2. The third-order valence-electron chi connectivity index (χ3n) is 3.75. The number of phenolic OH excluding ortho intramolecular Hbond substituents is 1. The molecule has 1 fully saturated rings. The number of rotatable bonds is 4. The first-order chi connectivity index (χ1) is 11.1. The molecule has 5 heteroatoms. The van der Waals surface area contributed by atoms with Crippen LogP contribution in [0.5, 0.6) is 5.75 Å². The Morgan fingerprint density at radius 1 is 1.26 bits per heavy atom. The standard InChI is InChI=1S/C18H20ClN3O/c1-12-10-15(23)8-9-17(12)22-18(21-14-6-7-14)20-11-13-4-2-3-5-16(13)19/h2-5,8-10,14,23H,6-7,11H2,1H3,(H2,20,21,22). The van der Waals surface area contributed by atoms with E-state index in [0.717, 1.165) is 27.8 Å². The van der Waals surface area contributed by atoms with Crippen molar-refractivity contribution in [3.05, 3.63) is 58.6 Å². The van der Waals surface area contributed by atoms with Gasteiger partial charge in [-0.3, -0.25) is 0 Å². The van der Waals surface area contributed by atoms with Gasteiger partial charge in [0, 0.05) is 16.8 Å². The van der Waals surface area contributed by atoms with E-state index in [1.807, 2.05) is 37.3 Å². The fourth-order valence-electron chi connectivity index (χ4n) is 2.25. The lowest BCUT2D eigenvalue weighted by atomic mass is 10.2. The van der Waals surface area contributed by atoms with Crippen molar-refractivity contribution in [2.24, 2.45) is 4.99 Å². The third kappa shape index (κ3) is 4.39. The zero-order valence-corrected chi connectivity index (χ0v) is 13.8. The molecule has 0 saturated heterocycles. The maximum Gasteiger partial charge on any atom is 0.196 e. The number of nitrogens with zero attached hydrogens (tertiary/aromatic N) is 1. The second kappa shape index (κ2) is 6.92. The highest BCUT2D eigenvalue weighted by molar-refractivity contribution is 6.31. The van der Waals surface area contributed by atoms with Gasteiger partial charge >= 0.3 is 0 Å². The Kier molecular flexibility index (Phi) is 4.72. The number of anilines is 1. The molecule has 0 radical (unpaired) electrons. The highest BCUT2D eigenvalue weighted by Crippen LogP contribution is 2.22. The van der Waals surface area contributed by atoms with E-state index in [9.17, 15) is 5.11 Å². The van der Waals surface area contributed by atoms with Gasteiger partial charge in [-0.05, 0) is 55.2 Å². The predicted octanol–water partition coefficient (Wildman–Crippen LogP) is 4.07. The summed E-state index contributed by atoms with van der Waals surface area (Å²) < 4.78 is 0. The molecule has 23 heavy (non-hydrogen) atoms. The van der Waals surface area contributed by atoms with Crippen molar-refractivity contribution in [2.75, 3.05) is 5.32 Å². The Labute approximate surface area is 141 Å². The SMILES string of the molecule is Cc1cc(O)ccc1NC(=NCc1ccccc1Cl)NC1CC1. The van der Waals surface area contributed by atoms with E-state index in [4.69, 9.17) is 11.6 Å². The summed E-state index contributed by atoms with van der Waals surface area (Å²) in [5.41, 5.74) is 2.88. The number of aryl methyl sites for hydroxylation is 1. The summed E-state index contributed by atoms with van der Waals surface area (Å²) in [6, 6.07) is 13.5. The van der Waals surface area contributed by atoms with Gasteiger partial charge in [-0.25, -0.2) is 4.99 Å². The Bertz CT molecular complexity index is 726. The molecule has 1 aliphatic carbocycles. The average Bonchev–Trinajstić information content (AvgIpc) is 3.33. The molecular formula is C18H20ClN3O. The summed E-state index contributed by atoms with van der Waals surface area (Å²) in [7, 11) is 0. The number of aromatic hydroxyl groups is 1. The lowest BCUT2D eigenvalue weighted by Crippen LogP contribution is -2.32. The lowest BCUT2D eigenvalue weighted by Gasteiger charge is -2.14. The molecule has 3 N–H and O–H groups in total. The van der Waals surface area contributed by atoms with Crippen molar-refractivity contribution >= 4 is 23.2 Å². The quantitative estimate of drug-likeness (QED) is 0.450. The van der Waals surface area contributed by atoms with Crippen LogP contribution in [-0.4, -0.2) is 17.1 Å². The lowest BCUT2D eigenvalue weighted by molar-refractivity contribution is 0.475. The van der Waals surface area contributed by atoms with E-state index in [2.05, 4.69) is 15.6 Å². The molecule has 0 amide bonds. The van der Waals surface area contributed by atoms with Crippen molar-refractivity contribution in [3.63, 3.8) is 0 Å². The van der Waals surface area contributed by atoms with E-state index >= 15 is 0 Å². The maximum absolute atomic E-state index is 9.52. The fraction of sp³-hybridized carbons (Fsp3) is 0.278. The van der Waals surface area contributed by atoms with Crippen molar-refractivity contribution in [2.45, 2.75) is 32.4 Å². The zero-order valence-electron chi connectivity index (χ0n) is 13.0. The van der Waals surface area contributed by atoms with Gasteiger partial charge in [-0.1, -0.05) is 29.8 Å². The van der Waals surface area contributed by atoms with Crippen molar-refractivity contribution in [1.82, 2.24) is 5.32 Å². The van der Waals surface area contributed by atoms with Crippen molar-refractivity contribution in [3.8, 4) is 5.75 Å². The molecule has 4 nitrogen and oxygen atoms in total. The number of hydrogen-bond donors (Lipinski definition) is 3. The summed E-state index contributed by atoms with van der Waals surface area (Å²) in [4.78, 5) is 4.64. The van der Waals surface area contributed by atoms with Gasteiger partial charge in [0.1, 0.15) is 5.75 Å². The smallest absolute Gasteiger partial charge is 0.196 e. The Hall–Kier alpha value is -2.20. The Morgan fingerprint density at radius 2 is 2.04 bits per heavy atom. The maximum atomic E-state index is 9.52. The van der Waals surface area contributed by atoms with Gasteiger partial charge in [0.2, 0.25) is 0 Å². The van der Waals surface area contributed by atoms with Crippen molar-refractivity contribution < 1.29 is 5.11 Å². The minimum atomic E-state index is 0.262. The number of aliphatic imine (C=N–C) groups is 1. The molecule has 0 bridgehead atoms. The molecule has 0 heterocycles. The summed E-state index contributed by atoms with van der Waals surface area (Å²) in [5.74, 6) is 0.999. The van der Waals surface area contributed by atoms with Crippen LogP contribution in [0.1, 0.15) is 24.0 Å². The molecule has 3 rings (SSSR count). The normalized spacial score (nSPS) is 14.6. The van der Waals surface area contributed by atoms with Crippen LogP contribution < -0.4 is 10.6 Å². The van der Waals surface area contributed by atoms with Crippen LogP contribution in [0, 0.1) is 6.92 Å². The summed E-state index contributed by atoms with van der Waals surface area (Å²) in [6.07, 6.45) is 2.34. The third-order valence-corrected chi connectivity index (χ3v) is 4.12. The first-order valence-corrected chi connectivity index (χ1v) is 8.10. The monoisotopic (exact) mass is 329 g/mol. The second-order valence-corrected chi connectivity index (χ2v) is 6.21. The highest BCUT2D eigenvalue weighted by Gasteiger charge is 2.22.